The highest BCUT2D eigenvalue weighted by atomic mass is 16.5. The van der Waals surface area contributed by atoms with Gasteiger partial charge in [0.1, 0.15) is 0 Å². The van der Waals surface area contributed by atoms with E-state index in [-0.39, 0.29) is 11.9 Å². The van der Waals surface area contributed by atoms with E-state index in [1.807, 2.05) is 6.07 Å². The molecule has 1 aromatic rings. The maximum absolute atomic E-state index is 11.9. The fraction of sp³-hybridized carbons (Fsp3) is 0.588. The molecule has 0 aromatic heterocycles. The van der Waals surface area contributed by atoms with Crippen molar-refractivity contribution in [3.8, 4) is 0 Å². The molecular formula is C17H26N2O3. The number of para-hydroxylation sites is 1. The van der Waals surface area contributed by atoms with Crippen molar-refractivity contribution in [3.63, 3.8) is 0 Å². The third-order valence-electron chi connectivity index (χ3n) is 3.89. The summed E-state index contributed by atoms with van der Waals surface area (Å²) in [5.41, 5.74) is 1.26. The van der Waals surface area contributed by atoms with E-state index in [9.17, 15) is 4.79 Å². The average Bonchev–Trinajstić information content (AvgIpc) is 2.56. The molecule has 1 saturated heterocycles. The maximum atomic E-state index is 11.9. The van der Waals surface area contributed by atoms with Crippen molar-refractivity contribution >= 4 is 11.6 Å². The summed E-state index contributed by atoms with van der Waals surface area (Å²) in [7, 11) is 1.64. The van der Waals surface area contributed by atoms with Gasteiger partial charge in [-0.15, -0.1) is 0 Å². The van der Waals surface area contributed by atoms with E-state index >= 15 is 0 Å². The standard InChI is InChI=1S/C17H26N2O3/c1-21-13-14-22-12-9-17(20)18-15-7-10-19(11-8-15)16-5-3-2-4-6-16/h2-6,15H,7-14H2,1H3,(H,18,20). The van der Waals surface area contributed by atoms with Crippen LogP contribution in [0.25, 0.3) is 0 Å². The van der Waals surface area contributed by atoms with Crippen molar-refractivity contribution in [2.45, 2.75) is 25.3 Å². The second-order valence-electron chi connectivity index (χ2n) is 5.52. The predicted molar refractivity (Wildman–Crippen MR) is 87.1 cm³/mol. The van der Waals surface area contributed by atoms with Gasteiger partial charge in [-0.25, -0.2) is 0 Å². The topological polar surface area (TPSA) is 50.8 Å². The molecule has 1 N–H and O–H groups in total. The Bertz CT molecular complexity index is 431. The van der Waals surface area contributed by atoms with Crippen LogP contribution in [0.3, 0.4) is 0 Å². The highest BCUT2D eigenvalue weighted by molar-refractivity contribution is 5.76. The number of nitrogens with one attached hydrogen (secondary N) is 1. The molecule has 5 heteroatoms. The van der Waals surface area contributed by atoms with Crippen LogP contribution in [0.2, 0.25) is 0 Å². The minimum Gasteiger partial charge on any atom is -0.382 e. The molecule has 0 spiro atoms. The van der Waals surface area contributed by atoms with Gasteiger partial charge in [-0.3, -0.25) is 4.79 Å². The summed E-state index contributed by atoms with van der Waals surface area (Å²) < 4.78 is 10.2. The molecule has 0 bridgehead atoms. The number of carbonyl (C=O) groups excluding carboxylic acids is 1. The van der Waals surface area contributed by atoms with E-state index in [4.69, 9.17) is 9.47 Å². The zero-order chi connectivity index (χ0) is 15.6. The Labute approximate surface area is 132 Å². The minimum absolute atomic E-state index is 0.0792. The van der Waals surface area contributed by atoms with Crippen molar-refractivity contribution < 1.29 is 14.3 Å². The van der Waals surface area contributed by atoms with Crippen molar-refractivity contribution in [2.75, 3.05) is 44.9 Å². The van der Waals surface area contributed by atoms with Crippen molar-refractivity contribution in [3.05, 3.63) is 30.3 Å². The third kappa shape index (κ3) is 5.66. The molecule has 1 aliphatic heterocycles. The number of hydrogen-bond donors (Lipinski definition) is 1. The SMILES string of the molecule is COCCOCCC(=O)NC1CCN(c2ccccc2)CC1. The van der Waals surface area contributed by atoms with Gasteiger partial charge in [-0.05, 0) is 25.0 Å². The number of anilines is 1. The van der Waals surface area contributed by atoms with Crippen molar-refractivity contribution in [1.29, 1.82) is 0 Å². The summed E-state index contributed by atoms with van der Waals surface area (Å²) in [5.74, 6) is 0.0792. The van der Waals surface area contributed by atoms with Crippen LogP contribution in [0.5, 0.6) is 0 Å². The number of rotatable bonds is 8. The molecule has 1 aromatic carbocycles. The number of hydrogen-bond acceptors (Lipinski definition) is 4. The number of methoxy groups -OCH3 is 1. The molecule has 0 saturated carbocycles. The van der Waals surface area contributed by atoms with Crippen LogP contribution in [0.1, 0.15) is 19.3 Å². The van der Waals surface area contributed by atoms with Crippen LogP contribution in [-0.2, 0) is 14.3 Å². The molecule has 0 atom stereocenters. The minimum atomic E-state index is 0.0792. The first-order valence-electron chi connectivity index (χ1n) is 7.95. The second kappa shape index (κ2) is 9.43. The Hall–Kier alpha value is -1.59. The first kappa shape index (κ1) is 16.8. The molecule has 1 aliphatic rings. The molecule has 0 unspecified atom stereocenters. The van der Waals surface area contributed by atoms with Gasteiger partial charge < -0.3 is 19.7 Å². The van der Waals surface area contributed by atoms with Gasteiger partial charge >= 0.3 is 0 Å². The van der Waals surface area contributed by atoms with Crippen LogP contribution in [0.15, 0.2) is 30.3 Å². The van der Waals surface area contributed by atoms with E-state index in [1.165, 1.54) is 5.69 Å². The van der Waals surface area contributed by atoms with Crippen LogP contribution in [0.4, 0.5) is 5.69 Å². The highest BCUT2D eigenvalue weighted by Crippen LogP contribution is 2.19. The average molecular weight is 306 g/mol. The molecule has 1 heterocycles. The van der Waals surface area contributed by atoms with E-state index in [1.54, 1.807) is 7.11 Å². The summed E-state index contributed by atoms with van der Waals surface area (Å²) in [6.45, 7) is 3.54. The molecule has 1 fully saturated rings. The molecule has 0 radical (unpaired) electrons. The zero-order valence-electron chi connectivity index (χ0n) is 13.3. The van der Waals surface area contributed by atoms with Gasteiger partial charge in [0.2, 0.25) is 5.91 Å². The van der Waals surface area contributed by atoms with E-state index in [2.05, 4.69) is 34.5 Å². The van der Waals surface area contributed by atoms with Crippen LogP contribution >= 0.6 is 0 Å². The van der Waals surface area contributed by atoms with Crippen LogP contribution < -0.4 is 10.2 Å². The lowest BCUT2D eigenvalue weighted by atomic mass is 10.0. The lowest BCUT2D eigenvalue weighted by Crippen LogP contribution is -2.44. The first-order chi connectivity index (χ1) is 10.8. The van der Waals surface area contributed by atoms with Crippen molar-refractivity contribution in [1.82, 2.24) is 5.32 Å². The number of ether oxygens (including phenoxy) is 2. The lowest BCUT2D eigenvalue weighted by Gasteiger charge is -2.34. The van der Waals surface area contributed by atoms with Gasteiger partial charge in [0, 0.05) is 38.3 Å². The smallest absolute Gasteiger partial charge is 0.222 e. The monoisotopic (exact) mass is 306 g/mol. The molecule has 1 amide bonds. The summed E-state index contributed by atoms with van der Waals surface area (Å²) >= 11 is 0. The Morgan fingerprint density at radius 2 is 1.91 bits per heavy atom. The Morgan fingerprint density at radius 3 is 2.59 bits per heavy atom. The first-order valence-corrected chi connectivity index (χ1v) is 7.95. The Balaban J connectivity index is 1.62. The van der Waals surface area contributed by atoms with Crippen LogP contribution in [-0.4, -0.2) is 52.0 Å². The van der Waals surface area contributed by atoms with Gasteiger partial charge in [-0.1, -0.05) is 18.2 Å². The number of carbonyl (C=O) groups is 1. The zero-order valence-corrected chi connectivity index (χ0v) is 13.3. The molecule has 5 nitrogen and oxygen atoms in total. The maximum Gasteiger partial charge on any atom is 0.222 e. The van der Waals surface area contributed by atoms with E-state index < -0.39 is 0 Å². The van der Waals surface area contributed by atoms with Gasteiger partial charge in [0.15, 0.2) is 0 Å². The van der Waals surface area contributed by atoms with Gasteiger partial charge in [-0.2, -0.15) is 0 Å². The highest BCUT2D eigenvalue weighted by Gasteiger charge is 2.20. The lowest BCUT2D eigenvalue weighted by molar-refractivity contribution is -0.123. The van der Waals surface area contributed by atoms with Gasteiger partial charge in [0.25, 0.3) is 0 Å². The largest absolute Gasteiger partial charge is 0.382 e. The Kier molecular flexibility index (Phi) is 7.19. The van der Waals surface area contributed by atoms with Crippen molar-refractivity contribution in [2.24, 2.45) is 0 Å². The Morgan fingerprint density at radius 1 is 1.18 bits per heavy atom. The number of nitrogens with zero attached hydrogens (tertiary/aromatic N) is 1. The van der Waals surface area contributed by atoms with Gasteiger partial charge in [0.05, 0.1) is 19.8 Å². The molecule has 122 valence electrons. The second-order valence-corrected chi connectivity index (χ2v) is 5.52. The fourth-order valence-electron chi connectivity index (χ4n) is 2.63. The summed E-state index contributed by atoms with van der Waals surface area (Å²) in [6, 6.07) is 10.7. The third-order valence-corrected chi connectivity index (χ3v) is 3.89. The summed E-state index contributed by atoms with van der Waals surface area (Å²) in [5, 5.41) is 3.10. The number of piperidine rings is 1. The number of benzene rings is 1. The fourth-order valence-corrected chi connectivity index (χ4v) is 2.63. The van der Waals surface area contributed by atoms with E-state index in [0.29, 0.717) is 26.2 Å². The summed E-state index contributed by atoms with van der Waals surface area (Å²) in [4.78, 5) is 14.2. The summed E-state index contributed by atoms with van der Waals surface area (Å²) in [6.07, 6.45) is 2.40. The quantitative estimate of drug-likeness (QED) is 0.745. The molecule has 22 heavy (non-hydrogen) atoms. The number of amides is 1. The molecular weight excluding hydrogens is 280 g/mol. The molecule has 0 aliphatic carbocycles. The van der Waals surface area contributed by atoms with E-state index in [0.717, 1.165) is 25.9 Å². The predicted octanol–water partition coefficient (Wildman–Crippen LogP) is 1.82. The normalized spacial score (nSPS) is 15.8. The molecule has 2 rings (SSSR count). The van der Waals surface area contributed by atoms with Crippen LogP contribution in [0, 0.1) is 0 Å².